The number of nitrogens with zero attached hydrogens (tertiary/aromatic N) is 3. The van der Waals surface area contributed by atoms with Crippen molar-refractivity contribution in [2.45, 2.75) is 23.9 Å². The second kappa shape index (κ2) is 6.05. The summed E-state index contributed by atoms with van der Waals surface area (Å²) in [7, 11) is 1.83. The van der Waals surface area contributed by atoms with Crippen LogP contribution >= 0.6 is 11.8 Å². The molecule has 130 valence electrons. The van der Waals surface area contributed by atoms with Gasteiger partial charge in [0.2, 0.25) is 0 Å². The second-order valence-corrected chi connectivity index (χ2v) is 7.38. The molecule has 0 atom stereocenters. The van der Waals surface area contributed by atoms with Crippen LogP contribution in [-0.2, 0) is 13.2 Å². The van der Waals surface area contributed by atoms with Crippen molar-refractivity contribution in [1.29, 1.82) is 0 Å². The van der Waals surface area contributed by atoms with Crippen LogP contribution in [0.5, 0.6) is 0 Å². The third-order valence-electron chi connectivity index (χ3n) is 4.41. The third kappa shape index (κ3) is 3.25. The summed E-state index contributed by atoms with van der Waals surface area (Å²) in [5, 5.41) is 0. The lowest BCUT2D eigenvalue weighted by Gasteiger charge is -2.08. The molecule has 7 heteroatoms. The van der Waals surface area contributed by atoms with Crippen LogP contribution in [-0.4, -0.2) is 20.3 Å². The van der Waals surface area contributed by atoms with Gasteiger partial charge in [0.25, 0.3) is 0 Å². The molecule has 1 aromatic carbocycles. The van der Waals surface area contributed by atoms with Crippen LogP contribution in [0.4, 0.5) is 13.2 Å². The molecule has 4 rings (SSSR count). The largest absolute Gasteiger partial charge is 0.416 e. The van der Waals surface area contributed by atoms with Gasteiger partial charge in [-0.05, 0) is 43.0 Å². The van der Waals surface area contributed by atoms with E-state index >= 15 is 0 Å². The van der Waals surface area contributed by atoms with Gasteiger partial charge in [0, 0.05) is 35.7 Å². The minimum absolute atomic E-state index is 0.349. The van der Waals surface area contributed by atoms with Crippen LogP contribution in [0, 0.1) is 5.92 Å². The first-order valence-electron chi connectivity index (χ1n) is 8.04. The number of alkyl halides is 3. The van der Waals surface area contributed by atoms with Gasteiger partial charge in [-0.15, -0.1) is 11.8 Å². The number of aromatic nitrogens is 3. The van der Waals surface area contributed by atoms with Crippen LogP contribution < -0.4 is 0 Å². The smallest absolute Gasteiger partial charge is 0.327 e. The molecule has 0 bridgehead atoms. The summed E-state index contributed by atoms with van der Waals surface area (Å²) < 4.78 is 40.7. The molecule has 1 fully saturated rings. The van der Waals surface area contributed by atoms with Crippen molar-refractivity contribution in [3.8, 4) is 11.4 Å². The summed E-state index contributed by atoms with van der Waals surface area (Å²) in [5.74, 6) is 2.48. The molecule has 0 spiro atoms. The average molecular weight is 363 g/mol. The molecule has 0 aliphatic heterocycles. The molecular weight excluding hydrogens is 347 g/mol. The molecule has 3 nitrogen and oxygen atoms in total. The van der Waals surface area contributed by atoms with E-state index in [1.54, 1.807) is 18.0 Å². The number of aryl methyl sites for hydroxylation is 1. The number of rotatable bonds is 4. The van der Waals surface area contributed by atoms with E-state index in [-0.39, 0.29) is 0 Å². The number of hydrogen-bond donors (Lipinski definition) is 0. The van der Waals surface area contributed by atoms with Crippen LogP contribution in [0.15, 0.2) is 41.6 Å². The Kier molecular flexibility index (Phi) is 3.98. The maximum absolute atomic E-state index is 12.9. The molecule has 0 unspecified atom stereocenters. The number of thioether (sulfide) groups is 1. The number of pyridine rings is 1. The van der Waals surface area contributed by atoms with Gasteiger partial charge >= 0.3 is 6.18 Å². The lowest BCUT2D eigenvalue weighted by Crippen LogP contribution is -2.04. The normalized spacial score (nSPS) is 15.0. The zero-order valence-electron chi connectivity index (χ0n) is 13.5. The Morgan fingerprint density at radius 3 is 2.76 bits per heavy atom. The monoisotopic (exact) mass is 363 g/mol. The predicted octanol–water partition coefficient (Wildman–Crippen LogP) is 5.16. The SMILES string of the molecule is Cn1c(-c2ccncc2SCC2CC2)nc2cc(C(F)(F)F)ccc21. The van der Waals surface area contributed by atoms with Gasteiger partial charge in [0.1, 0.15) is 5.82 Å². The molecular formula is C18H16F3N3S. The van der Waals surface area contributed by atoms with Gasteiger partial charge in [-0.25, -0.2) is 4.98 Å². The first-order valence-corrected chi connectivity index (χ1v) is 9.03. The highest BCUT2D eigenvalue weighted by Gasteiger charge is 2.31. The van der Waals surface area contributed by atoms with Gasteiger partial charge in [-0.2, -0.15) is 13.2 Å². The first kappa shape index (κ1) is 16.4. The standard InChI is InChI=1S/C18H16F3N3S/c1-24-15-5-4-12(18(19,20)21)8-14(15)23-17(24)13-6-7-22-9-16(13)25-10-11-2-3-11/h4-9,11H,2-3,10H2,1H3. The van der Waals surface area contributed by atoms with Crippen molar-refractivity contribution in [2.75, 3.05) is 5.75 Å². The summed E-state index contributed by atoms with van der Waals surface area (Å²) in [6.07, 6.45) is 1.68. The van der Waals surface area contributed by atoms with Crippen molar-refractivity contribution >= 4 is 22.8 Å². The molecule has 2 heterocycles. The average Bonchev–Trinajstić information content (AvgIpc) is 3.36. The van der Waals surface area contributed by atoms with E-state index in [9.17, 15) is 13.2 Å². The minimum atomic E-state index is -4.37. The summed E-state index contributed by atoms with van der Waals surface area (Å²) in [6.45, 7) is 0. The number of benzene rings is 1. The highest BCUT2D eigenvalue weighted by atomic mass is 32.2. The second-order valence-electron chi connectivity index (χ2n) is 6.32. The molecule has 0 amide bonds. The van der Waals surface area contributed by atoms with Crippen molar-refractivity contribution in [3.05, 3.63) is 42.2 Å². The van der Waals surface area contributed by atoms with E-state index in [0.29, 0.717) is 16.9 Å². The fourth-order valence-corrected chi connectivity index (χ4v) is 3.99. The fraction of sp³-hybridized carbons (Fsp3) is 0.333. The highest BCUT2D eigenvalue weighted by Crippen LogP contribution is 2.39. The van der Waals surface area contributed by atoms with Crippen molar-refractivity contribution < 1.29 is 13.2 Å². The third-order valence-corrected chi connectivity index (χ3v) is 5.68. The van der Waals surface area contributed by atoms with Gasteiger partial charge in [-0.3, -0.25) is 4.98 Å². The molecule has 2 aromatic heterocycles. The lowest BCUT2D eigenvalue weighted by atomic mass is 10.2. The maximum Gasteiger partial charge on any atom is 0.416 e. The molecule has 0 N–H and O–H groups in total. The van der Waals surface area contributed by atoms with Gasteiger partial charge < -0.3 is 4.57 Å². The summed E-state index contributed by atoms with van der Waals surface area (Å²) in [5.41, 5.74) is 1.26. The summed E-state index contributed by atoms with van der Waals surface area (Å²) in [6, 6.07) is 5.56. The minimum Gasteiger partial charge on any atom is -0.327 e. The predicted molar refractivity (Wildman–Crippen MR) is 92.4 cm³/mol. The van der Waals surface area contributed by atoms with Gasteiger partial charge in [0.05, 0.1) is 16.6 Å². The van der Waals surface area contributed by atoms with E-state index in [4.69, 9.17) is 0 Å². The molecule has 3 aromatic rings. The Morgan fingerprint density at radius 2 is 2.04 bits per heavy atom. The Hall–Kier alpha value is -2.02. The van der Waals surface area contributed by atoms with E-state index in [2.05, 4.69) is 9.97 Å². The molecule has 25 heavy (non-hydrogen) atoms. The van der Waals surface area contributed by atoms with Crippen LogP contribution in [0.1, 0.15) is 18.4 Å². The topological polar surface area (TPSA) is 30.7 Å². The van der Waals surface area contributed by atoms with Crippen molar-refractivity contribution in [1.82, 2.24) is 14.5 Å². The van der Waals surface area contributed by atoms with Crippen LogP contribution in [0.3, 0.4) is 0 Å². The number of fused-ring (bicyclic) bond motifs is 1. The van der Waals surface area contributed by atoms with Crippen LogP contribution in [0.2, 0.25) is 0 Å². The fourth-order valence-electron chi connectivity index (χ4n) is 2.79. The van der Waals surface area contributed by atoms with E-state index in [1.165, 1.54) is 18.9 Å². The Bertz CT molecular complexity index is 929. The zero-order valence-corrected chi connectivity index (χ0v) is 14.4. The van der Waals surface area contributed by atoms with Gasteiger partial charge in [-0.1, -0.05) is 0 Å². The Morgan fingerprint density at radius 1 is 1.24 bits per heavy atom. The van der Waals surface area contributed by atoms with Crippen molar-refractivity contribution in [2.24, 2.45) is 13.0 Å². The van der Waals surface area contributed by atoms with E-state index in [1.807, 2.05) is 23.9 Å². The zero-order chi connectivity index (χ0) is 17.6. The molecule has 1 aliphatic rings. The molecule has 0 saturated heterocycles. The quantitative estimate of drug-likeness (QED) is 0.600. The van der Waals surface area contributed by atoms with Crippen LogP contribution in [0.25, 0.3) is 22.4 Å². The molecule has 1 aliphatic carbocycles. The number of halogens is 3. The summed E-state index contributed by atoms with van der Waals surface area (Å²) in [4.78, 5) is 9.69. The highest BCUT2D eigenvalue weighted by molar-refractivity contribution is 7.99. The molecule has 1 saturated carbocycles. The maximum atomic E-state index is 12.9. The Labute approximate surface area is 147 Å². The summed E-state index contributed by atoms with van der Waals surface area (Å²) >= 11 is 1.74. The van der Waals surface area contributed by atoms with E-state index < -0.39 is 11.7 Å². The van der Waals surface area contributed by atoms with E-state index in [0.717, 1.165) is 34.3 Å². The number of hydrogen-bond acceptors (Lipinski definition) is 3. The number of imidazole rings is 1. The Balaban J connectivity index is 1.77. The molecule has 0 radical (unpaired) electrons. The first-order chi connectivity index (χ1) is 11.9. The van der Waals surface area contributed by atoms with Gasteiger partial charge in [0.15, 0.2) is 0 Å². The van der Waals surface area contributed by atoms with Crippen molar-refractivity contribution in [3.63, 3.8) is 0 Å². The lowest BCUT2D eigenvalue weighted by molar-refractivity contribution is -0.137.